The van der Waals surface area contributed by atoms with Crippen molar-refractivity contribution >= 4 is 33.6 Å². The standard InChI is InChI=1S/C17H22BrNOS/c18-15-7-2-1-5-13(15)11-14-6-3-4-8-17(14)12-16(20)19-9-10-21-17/h1-2,5,7,14H,3-4,6,8-12H2,(H,19,20). The van der Waals surface area contributed by atoms with Gasteiger partial charge in [-0.2, -0.15) is 11.8 Å². The van der Waals surface area contributed by atoms with Gasteiger partial charge in [0, 0.05) is 27.9 Å². The van der Waals surface area contributed by atoms with Crippen LogP contribution in [0.3, 0.4) is 0 Å². The summed E-state index contributed by atoms with van der Waals surface area (Å²) in [6.45, 7) is 0.826. The van der Waals surface area contributed by atoms with Gasteiger partial charge in [0.15, 0.2) is 0 Å². The SMILES string of the molecule is O=C1CC2(CCCCC2Cc2ccccc2Br)SCCN1. The van der Waals surface area contributed by atoms with Gasteiger partial charge in [-0.15, -0.1) is 0 Å². The number of thioether (sulfide) groups is 1. The lowest BCUT2D eigenvalue weighted by Gasteiger charge is -2.43. The molecule has 1 aliphatic heterocycles. The Morgan fingerprint density at radius 2 is 2.19 bits per heavy atom. The molecule has 0 aromatic heterocycles. The van der Waals surface area contributed by atoms with Crippen LogP contribution < -0.4 is 5.32 Å². The van der Waals surface area contributed by atoms with E-state index in [1.807, 2.05) is 11.8 Å². The fraction of sp³-hybridized carbons (Fsp3) is 0.588. The third-order valence-electron chi connectivity index (χ3n) is 4.84. The lowest BCUT2D eigenvalue weighted by Crippen LogP contribution is -2.41. The Morgan fingerprint density at radius 1 is 1.33 bits per heavy atom. The fourth-order valence-electron chi connectivity index (χ4n) is 3.75. The normalized spacial score (nSPS) is 30.0. The van der Waals surface area contributed by atoms with Crippen LogP contribution in [0, 0.1) is 5.92 Å². The van der Waals surface area contributed by atoms with E-state index in [1.54, 1.807) is 0 Å². The monoisotopic (exact) mass is 367 g/mol. The number of halogens is 1. The van der Waals surface area contributed by atoms with E-state index in [9.17, 15) is 4.79 Å². The molecule has 1 aliphatic carbocycles. The zero-order valence-electron chi connectivity index (χ0n) is 12.2. The molecule has 1 saturated heterocycles. The van der Waals surface area contributed by atoms with Crippen molar-refractivity contribution in [3.05, 3.63) is 34.3 Å². The van der Waals surface area contributed by atoms with E-state index < -0.39 is 0 Å². The molecule has 2 aliphatic rings. The molecule has 21 heavy (non-hydrogen) atoms. The van der Waals surface area contributed by atoms with Crippen molar-refractivity contribution in [2.75, 3.05) is 12.3 Å². The Kier molecular flexibility index (Phi) is 4.95. The van der Waals surface area contributed by atoms with Crippen LogP contribution in [0.4, 0.5) is 0 Å². The lowest BCUT2D eigenvalue weighted by molar-refractivity contribution is -0.121. The van der Waals surface area contributed by atoms with Gasteiger partial charge in [-0.25, -0.2) is 0 Å². The molecule has 2 fully saturated rings. The summed E-state index contributed by atoms with van der Waals surface area (Å²) in [7, 11) is 0. The van der Waals surface area contributed by atoms with Crippen molar-refractivity contribution in [3.63, 3.8) is 0 Å². The third kappa shape index (κ3) is 3.48. The zero-order chi connectivity index (χ0) is 14.7. The Balaban J connectivity index is 1.84. The molecule has 1 heterocycles. The minimum atomic E-state index is 0.161. The van der Waals surface area contributed by atoms with E-state index in [-0.39, 0.29) is 10.7 Å². The summed E-state index contributed by atoms with van der Waals surface area (Å²) in [5, 5.41) is 3.04. The van der Waals surface area contributed by atoms with E-state index in [0.29, 0.717) is 12.3 Å². The van der Waals surface area contributed by atoms with Gasteiger partial charge in [0.2, 0.25) is 5.91 Å². The first-order valence-corrected chi connectivity index (χ1v) is 9.61. The van der Waals surface area contributed by atoms with Crippen LogP contribution >= 0.6 is 27.7 Å². The summed E-state index contributed by atoms with van der Waals surface area (Å²) in [5.74, 6) is 1.91. The van der Waals surface area contributed by atoms with Crippen LogP contribution in [-0.4, -0.2) is 23.0 Å². The van der Waals surface area contributed by atoms with E-state index in [1.165, 1.54) is 35.7 Å². The minimum Gasteiger partial charge on any atom is -0.355 e. The highest BCUT2D eigenvalue weighted by atomic mass is 79.9. The summed E-state index contributed by atoms with van der Waals surface area (Å²) < 4.78 is 1.36. The number of benzene rings is 1. The maximum absolute atomic E-state index is 12.1. The molecular formula is C17H22BrNOS. The Morgan fingerprint density at radius 3 is 3.05 bits per heavy atom. The number of hydrogen-bond donors (Lipinski definition) is 1. The fourth-order valence-corrected chi connectivity index (χ4v) is 5.77. The highest BCUT2D eigenvalue weighted by Gasteiger charge is 2.43. The highest BCUT2D eigenvalue weighted by molar-refractivity contribution is 9.10. The largest absolute Gasteiger partial charge is 0.355 e. The van der Waals surface area contributed by atoms with E-state index in [4.69, 9.17) is 0 Å². The average molecular weight is 368 g/mol. The summed E-state index contributed by atoms with van der Waals surface area (Å²) >= 11 is 5.72. The van der Waals surface area contributed by atoms with Crippen LogP contribution in [-0.2, 0) is 11.2 Å². The summed E-state index contributed by atoms with van der Waals surface area (Å²) in [4.78, 5) is 12.1. The van der Waals surface area contributed by atoms with Crippen molar-refractivity contribution in [3.8, 4) is 0 Å². The zero-order valence-corrected chi connectivity index (χ0v) is 14.6. The molecule has 1 amide bonds. The highest BCUT2D eigenvalue weighted by Crippen LogP contribution is 2.48. The van der Waals surface area contributed by atoms with Gasteiger partial charge in [0.1, 0.15) is 0 Å². The van der Waals surface area contributed by atoms with Crippen LogP contribution in [0.2, 0.25) is 0 Å². The summed E-state index contributed by atoms with van der Waals surface area (Å²) in [6, 6.07) is 8.52. The maximum atomic E-state index is 12.1. The van der Waals surface area contributed by atoms with E-state index >= 15 is 0 Å². The molecule has 2 atom stereocenters. The average Bonchev–Trinajstić information content (AvgIpc) is 2.66. The van der Waals surface area contributed by atoms with Gasteiger partial charge >= 0.3 is 0 Å². The number of hydrogen-bond acceptors (Lipinski definition) is 2. The second-order valence-electron chi connectivity index (χ2n) is 6.18. The molecule has 0 bridgehead atoms. The van der Waals surface area contributed by atoms with Crippen molar-refractivity contribution in [1.29, 1.82) is 0 Å². The van der Waals surface area contributed by atoms with Gasteiger partial charge in [0.05, 0.1) is 0 Å². The smallest absolute Gasteiger partial charge is 0.221 e. The molecule has 1 aromatic rings. The van der Waals surface area contributed by atoms with Crippen molar-refractivity contribution < 1.29 is 4.79 Å². The molecule has 3 rings (SSSR count). The molecule has 2 unspecified atom stereocenters. The van der Waals surface area contributed by atoms with Crippen LogP contribution in [0.5, 0.6) is 0 Å². The van der Waals surface area contributed by atoms with Gasteiger partial charge < -0.3 is 5.32 Å². The minimum absolute atomic E-state index is 0.161. The Labute approximate surface area is 139 Å². The van der Waals surface area contributed by atoms with Crippen LogP contribution in [0.25, 0.3) is 0 Å². The van der Waals surface area contributed by atoms with E-state index in [0.717, 1.165) is 18.7 Å². The molecule has 0 radical (unpaired) electrons. The second kappa shape index (κ2) is 6.74. The molecule has 114 valence electrons. The summed E-state index contributed by atoms with van der Waals surface area (Å²) in [6.07, 6.45) is 6.81. The van der Waals surface area contributed by atoms with Gasteiger partial charge in [-0.1, -0.05) is 47.0 Å². The lowest BCUT2D eigenvalue weighted by atomic mass is 9.73. The van der Waals surface area contributed by atoms with Gasteiger partial charge in [-0.3, -0.25) is 4.79 Å². The molecule has 2 nitrogen and oxygen atoms in total. The third-order valence-corrected chi connectivity index (χ3v) is 7.28. The predicted octanol–water partition coefficient (Wildman–Crippen LogP) is 4.17. The molecule has 1 aromatic carbocycles. The summed E-state index contributed by atoms with van der Waals surface area (Å²) in [5.41, 5.74) is 1.38. The first kappa shape index (κ1) is 15.4. The van der Waals surface area contributed by atoms with Gasteiger partial charge in [0.25, 0.3) is 0 Å². The Bertz CT molecular complexity index is 521. The van der Waals surface area contributed by atoms with Crippen molar-refractivity contribution in [2.45, 2.75) is 43.3 Å². The van der Waals surface area contributed by atoms with Crippen LogP contribution in [0.15, 0.2) is 28.7 Å². The number of amides is 1. The number of rotatable bonds is 2. The number of nitrogens with one attached hydrogen (secondary N) is 1. The Hall–Kier alpha value is -0.480. The molecular weight excluding hydrogens is 346 g/mol. The van der Waals surface area contributed by atoms with E-state index in [2.05, 4.69) is 45.5 Å². The molecule has 4 heteroatoms. The quantitative estimate of drug-likeness (QED) is 0.849. The predicted molar refractivity (Wildman–Crippen MR) is 92.6 cm³/mol. The molecule has 1 spiro atoms. The number of carbonyl (C=O) groups is 1. The number of carbonyl (C=O) groups excluding carboxylic acids is 1. The topological polar surface area (TPSA) is 29.1 Å². The molecule has 1 N–H and O–H groups in total. The van der Waals surface area contributed by atoms with Gasteiger partial charge in [-0.05, 0) is 36.8 Å². The van der Waals surface area contributed by atoms with Crippen LogP contribution in [0.1, 0.15) is 37.7 Å². The first-order chi connectivity index (χ1) is 10.2. The molecule has 1 saturated carbocycles. The second-order valence-corrected chi connectivity index (χ2v) is 8.54. The van der Waals surface area contributed by atoms with Crippen molar-refractivity contribution in [2.24, 2.45) is 5.92 Å². The van der Waals surface area contributed by atoms with Crippen molar-refractivity contribution in [1.82, 2.24) is 5.32 Å². The maximum Gasteiger partial charge on any atom is 0.221 e. The first-order valence-electron chi connectivity index (χ1n) is 7.84.